The molecule has 1 fully saturated rings. The monoisotopic (exact) mass is 338 g/mol. The van der Waals surface area contributed by atoms with E-state index >= 15 is 0 Å². The summed E-state index contributed by atoms with van der Waals surface area (Å²) < 4.78 is 2.85. The third-order valence-corrected chi connectivity index (χ3v) is 7.07. The van der Waals surface area contributed by atoms with Crippen molar-refractivity contribution < 1.29 is 0 Å². The maximum Gasteiger partial charge on any atom is 0.132 e. The second-order valence-corrected chi connectivity index (χ2v) is 8.25. The number of hydrogen-bond acceptors (Lipinski definition) is 4. The molecule has 0 bridgehead atoms. The van der Waals surface area contributed by atoms with Crippen LogP contribution < -0.4 is 4.90 Å². The normalized spacial score (nSPS) is 15.5. The maximum absolute atomic E-state index is 5.04. The van der Waals surface area contributed by atoms with Crippen LogP contribution in [0.25, 0.3) is 30.9 Å². The van der Waals surface area contributed by atoms with E-state index in [2.05, 4.69) is 41.6 Å². The summed E-state index contributed by atoms with van der Waals surface area (Å²) in [6, 6.07) is 4.56. The maximum atomic E-state index is 5.04. The average molecular weight is 339 g/mol. The summed E-state index contributed by atoms with van der Waals surface area (Å²) in [4.78, 5) is 7.51. The number of rotatable bonds is 1. The molecule has 0 saturated carbocycles. The molecule has 0 atom stereocenters. The SMILES string of the molecule is Cc1nc(N2CCCC2)c(C)c2c3ccsc3c3sccc3c12. The molecule has 4 aromatic rings. The number of hydrogen-bond donors (Lipinski definition) is 0. The van der Waals surface area contributed by atoms with Crippen LogP contribution in [0, 0.1) is 13.8 Å². The molecule has 0 radical (unpaired) electrons. The highest BCUT2D eigenvalue weighted by Crippen LogP contribution is 2.44. The molecule has 0 amide bonds. The lowest BCUT2D eigenvalue weighted by Crippen LogP contribution is -2.20. The molecule has 0 unspecified atom stereocenters. The quantitative estimate of drug-likeness (QED) is 0.431. The van der Waals surface area contributed by atoms with Crippen LogP contribution in [0.5, 0.6) is 0 Å². The second-order valence-electron chi connectivity index (χ2n) is 6.42. The molecular weight excluding hydrogens is 320 g/mol. The summed E-state index contributed by atoms with van der Waals surface area (Å²) in [7, 11) is 0. The molecule has 1 saturated heterocycles. The molecule has 23 heavy (non-hydrogen) atoms. The van der Waals surface area contributed by atoms with E-state index in [0.717, 1.165) is 13.1 Å². The van der Waals surface area contributed by atoms with E-state index in [1.165, 1.54) is 60.9 Å². The predicted octanol–water partition coefficient (Wildman–Crippen LogP) is 5.88. The van der Waals surface area contributed by atoms with Crippen molar-refractivity contribution in [3.8, 4) is 0 Å². The molecule has 0 spiro atoms. The van der Waals surface area contributed by atoms with Gasteiger partial charge in [0.15, 0.2) is 0 Å². The van der Waals surface area contributed by atoms with Gasteiger partial charge in [-0.15, -0.1) is 22.7 Å². The first-order valence-electron chi connectivity index (χ1n) is 8.18. The summed E-state index contributed by atoms with van der Waals surface area (Å²) >= 11 is 3.72. The van der Waals surface area contributed by atoms with Crippen molar-refractivity contribution in [2.24, 2.45) is 0 Å². The van der Waals surface area contributed by atoms with Crippen LogP contribution in [0.3, 0.4) is 0 Å². The summed E-state index contributed by atoms with van der Waals surface area (Å²) in [5.74, 6) is 1.20. The fourth-order valence-corrected chi connectivity index (χ4v) is 6.04. The van der Waals surface area contributed by atoms with Gasteiger partial charge in [-0.05, 0) is 55.0 Å². The van der Waals surface area contributed by atoms with Gasteiger partial charge in [-0.1, -0.05) is 0 Å². The van der Waals surface area contributed by atoms with Gasteiger partial charge < -0.3 is 4.90 Å². The lowest BCUT2D eigenvalue weighted by atomic mass is 9.98. The van der Waals surface area contributed by atoms with Crippen molar-refractivity contribution in [2.75, 3.05) is 18.0 Å². The Morgan fingerprint density at radius 1 is 0.913 bits per heavy atom. The fourth-order valence-electron chi connectivity index (χ4n) is 4.05. The molecule has 3 aromatic heterocycles. The summed E-state index contributed by atoms with van der Waals surface area (Å²) in [5.41, 5.74) is 2.52. The van der Waals surface area contributed by atoms with Crippen molar-refractivity contribution in [3.63, 3.8) is 0 Å². The summed E-state index contributed by atoms with van der Waals surface area (Å²) in [6.07, 6.45) is 2.57. The van der Waals surface area contributed by atoms with E-state index in [1.807, 2.05) is 22.7 Å². The number of aryl methyl sites for hydroxylation is 2. The molecule has 5 rings (SSSR count). The van der Waals surface area contributed by atoms with Crippen molar-refractivity contribution in [3.05, 3.63) is 34.2 Å². The Balaban J connectivity index is 2.00. The van der Waals surface area contributed by atoms with Crippen LogP contribution >= 0.6 is 22.7 Å². The predicted molar refractivity (Wildman–Crippen MR) is 103 cm³/mol. The molecule has 1 aliphatic heterocycles. The highest BCUT2D eigenvalue weighted by atomic mass is 32.1. The van der Waals surface area contributed by atoms with Gasteiger partial charge in [0.2, 0.25) is 0 Å². The second kappa shape index (κ2) is 4.92. The molecule has 116 valence electrons. The van der Waals surface area contributed by atoms with E-state index in [1.54, 1.807) is 0 Å². The molecule has 2 nitrogen and oxygen atoms in total. The number of pyridine rings is 1. The van der Waals surface area contributed by atoms with Crippen LogP contribution in [0.2, 0.25) is 0 Å². The zero-order valence-electron chi connectivity index (χ0n) is 13.3. The molecule has 1 aromatic carbocycles. The van der Waals surface area contributed by atoms with Gasteiger partial charge in [-0.2, -0.15) is 0 Å². The van der Waals surface area contributed by atoms with E-state index in [0.29, 0.717) is 0 Å². The lowest BCUT2D eigenvalue weighted by molar-refractivity contribution is 0.926. The van der Waals surface area contributed by atoms with Gasteiger partial charge in [0.1, 0.15) is 5.82 Å². The highest BCUT2D eigenvalue weighted by molar-refractivity contribution is 7.25. The first-order chi connectivity index (χ1) is 11.3. The first kappa shape index (κ1) is 13.8. The van der Waals surface area contributed by atoms with Gasteiger partial charge in [0.05, 0.1) is 9.40 Å². The van der Waals surface area contributed by atoms with Crippen LogP contribution in [-0.4, -0.2) is 18.1 Å². The minimum atomic E-state index is 1.15. The van der Waals surface area contributed by atoms with Gasteiger partial charge in [-0.3, -0.25) is 0 Å². The Labute approximate surface area is 143 Å². The number of thiophene rings is 2. The average Bonchev–Trinajstić information content (AvgIpc) is 3.29. The van der Waals surface area contributed by atoms with E-state index in [9.17, 15) is 0 Å². The third kappa shape index (κ3) is 1.82. The Kier molecular flexibility index (Phi) is 2.94. The van der Waals surface area contributed by atoms with Crippen LogP contribution in [-0.2, 0) is 0 Å². The van der Waals surface area contributed by atoms with Gasteiger partial charge in [0, 0.05) is 40.5 Å². The van der Waals surface area contributed by atoms with Crippen LogP contribution in [0.4, 0.5) is 5.82 Å². The zero-order valence-corrected chi connectivity index (χ0v) is 15.0. The summed E-state index contributed by atoms with van der Waals surface area (Å²) in [5, 5.41) is 10.00. The minimum Gasteiger partial charge on any atom is -0.356 e. The van der Waals surface area contributed by atoms with Crippen LogP contribution in [0.15, 0.2) is 22.9 Å². The van der Waals surface area contributed by atoms with E-state index in [-0.39, 0.29) is 0 Å². The van der Waals surface area contributed by atoms with Crippen molar-refractivity contribution >= 4 is 59.4 Å². The molecule has 4 heterocycles. The summed E-state index contributed by atoms with van der Waals surface area (Å²) in [6.45, 7) is 6.73. The molecule has 4 heteroatoms. The van der Waals surface area contributed by atoms with Crippen molar-refractivity contribution in [2.45, 2.75) is 26.7 Å². The Bertz CT molecular complexity index is 1050. The number of fused-ring (bicyclic) bond motifs is 6. The third-order valence-electron chi connectivity index (χ3n) is 5.08. The Hall–Kier alpha value is -1.65. The molecule has 0 N–H and O–H groups in total. The van der Waals surface area contributed by atoms with E-state index in [4.69, 9.17) is 4.98 Å². The fraction of sp³-hybridized carbons (Fsp3) is 0.316. The molecule has 0 aliphatic carbocycles. The zero-order chi connectivity index (χ0) is 15.6. The number of benzene rings is 1. The number of nitrogens with zero attached hydrogens (tertiary/aromatic N) is 2. The lowest BCUT2D eigenvalue weighted by Gasteiger charge is -2.22. The topological polar surface area (TPSA) is 16.1 Å². The highest BCUT2D eigenvalue weighted by Gasteiger charge is 2.21. The van der Waals surface area contributed by atoms with E-state index < -0.39 is 0 Å². The standard InChI is InChI=1S/C19H18N2S2/c1-11-15-13-5-9-22-17(13)18-14(6-10-23-18)16(15)12(2)20-19(11)21-7-3-4-8-21/h5-6,9-10H,3-4,7-8H2,1-2H3. The van der Waals surface area contributed by atoms with Crippen LogP contribution in [0.1, 0.15) is 24.1 Å². The largest absolute Gasteiger partial charge is 0.356 e. The van der Waals surface area contributed by atoms with Gasteiger partial charge in [-0.25, -0.2) is 4.98 Å². The van der Waals surface area contributed by atoms with Gasteiger partial charge >= 0.3 is 0 Å². The number of anilines is 1. The minimum absolute atomic E-state index is 1.15. The Morgan fingerprint density at radius 2 is 1.52 bits per heavy atom. The molecular formula is C19H18N2S2. The Morgan fingerprint density at radius 3 is 2.17 bits per heavy atom. The molecule has 1 aliphatic rings. The number of aromatic nitrogens is 1. The van der Waals surface area contributed by atoms with Crippen molar-refractivity contribution in [1.29, 1.82) is 0 Å². The van der Waals surface area contributed by atoms with Gasteiger partial charge in [0.25, 0.3) is 0 Å². The first-order valence-corrected chi connectivity index (χ1v) is 9.94. The smallest absolute Gasteiger partial charge is 0.132 e. The van der Waals surface area contributed by atoms with Crippen molar-refractivity contribution in [1.82, 2.24) is 4.98 Å².